The highest BCUT2D eigenvalue weighted by Crippen LogP contribution is 2.12. The number of nitrogens with zero attached hydrogens (tertiary/aromatic N) is 3. The summed E-state index contributed by atoms with van der Waals surface area (Å²) in [7, 11) is 0. The number of hydrogen-bond acceptors (Lipinski definition) is 3. The highest BCUT2D eigenvalue weighted by molar-refractivity contribution is 5.88. The van der Waals surface area contributed by atoms with Crippen LogP contribution in [0.25, 0.3) is 11.4 Å². The van der Waals surface area contributed by atoms with Crippen LogP contribution in [0.2, 0.25) is 0 Å². The van der Waals surface area contributed by atoms with Gasteiger partial charge in [-0.15, -0.1) is 0 Å². The molecule has 1 aromatic carbocycles. The number of nitrogens with one attached hydrogen (secondary N) is 1. The van der Waals surface area contributed by atoms with Crippen LogP contribution in [0, 0.1) is 0 Å². The van der Waals surface area contributed by atoms with E-state index in [0.717, 1.165) is 5.69 Å². The van der Waals surface area contributed by atoms with E-state index in [0.29, 0.717) is 11.4 Å². The lowest BCUT2D eigenvalue weighted by Gasteiger charge is -2.05. The number of hydrogen-bond donors (Lipinski definition) is 1. The molecule has 0 spiro atoms. The van der Waals surface area contributed by atoms with Gasteiger partial charge in [-0.05, 0) is 36.4 Å². The minimum Gasteiger partial charge on any atom is -0.326 e. The standard InChI is InChI=1S/C16H14N4O2/c1-12(21)18-13-4-6-14(7-5-13)19-9-10-20(16(19)22)15-3-2-8-17-11-15/h2-11H,1H3,(H,18,21). The normalized spacial score (nSPS) is 10.4. The molecule has 3 rings (SSSR count). The number of imidazole rings is 1. The van der Waals surface area contributed by atoms with E-state index in [-0.39, 0.29) is 11.6 Å². The van der Waals surface area contributed by atoms with Crippen molar-refractivity contribution in [2.24, 2.45) is 0 Å². The van der Waals surface area contributed by atoms with Crippen LogP contribution >= 0.6 is 0 Å². The highest BCUT2D eigenvalue weighted by Gasteiger charge is 2.07. The van der Waals surface area contributed by atoms with Crippen LogP contribution in [0.15, 0.2) is 66.0 Å². The second kappa shape index (κ2) is 5.69. The largest absolute Gasteiger partial charge is 0.337 e. The van der Waals surface area contributed by atoms with E-state index in [1.807, 2.05) is 6.07 Å². The maximum absolute atomic E-state index is 12.5. The van der Waals surface area contributed by atoms with Crippen LogP contribution in [-0.4, -0.2) is 20.0 Å². The number of benzene rings is 1. The molecule has 6 nitrogen and oxygen atoms in total. The molecule has 2 aromatic heterocycles. The molecule has 0 aliphatic heterocycles. The monoisotopic (exact) mass is 294 g/mol. The fourth-order valence-electron chi connectivity index (χ4n) is 2.17. The van der Waals surface area contributed by atoms with Crippen molar-refractivity contribution in [2.75, 3.05) is 5.32 Å². The van der Waals surface area contributed by atoms with Crippen molar-refractivity contribution >= 4 is 11.6 Å². The molecular formula is C16H14N4O2. The molecule has 0 bridgehead atoms. The Morgan fingerprint density at radius 1 is 1.05 bits per heavy atom. The van der Waals surface area contributed by atoms with Gasteiger partial charge in [0.2, 0.25) is 5.91 Å². The Labute approximate surface area is 126 Å². The Hall–Kier alpha value is -3.15. The summed E-state index contributed by atoms with van der Waals surface area (Å²) in [5.74, 6) is -0.132. The van der Waals surface area contributed by atoms with Gasteiger partial charge in [0.15, 0.2) is 0 Å². The SMILES string of the molecule is CC(=O)Nc1ccc(-n2ccn(-c3cccnc3)c2=O)cc1. The zero-order valence-corrected chi connectivity index (χ0v) is 11.9. The lowest BCUT2D eigenvalue weighted by atomic mass is 10.3. The van der Waals surface area contributed by atoms with Gasteiger partial charge < -0.3 is 5.32 Å². The number of carbonyl (C=O) groups is 1. The molecule has 2 heterocycles. The van der Waals surface area contributed by atoms with Gasteiger partial charge in [0.25, 0.3) is 0 Å². The maximum Gasteiger partial charge on any atom is 0.337 e. The molecule has 3 aromatic rings. The first-order chi connectivity index (χ1) is 10.6. The third-order valence-corrected chi connectivity index (χ3v) is 3.17. The number of pyridine rings is 1. The summed E-state index contributed by atoms with van der Waals surface area (Å²) in [6.07, 6.45) is 6.68. The molecular weight excluding hydrogens is 280 g/mol. The van der Waals surface area contributed by atoms with E-state index in [2.05, 4.69) is 10.3 Å². The Morgan fingerprint density at radius 2 is 1.73 bits per heavy atom. The summed E-state index contributed by atoms with van der Waals surface area (Å²) >= 11 is 0. The summed E-state index contributed by atoms with van der Waals surface area (Å²) in [4.78, 5) is 27.5. The second-order valence-corrected chi connectivity index (χ2v) is 4.76. The quantitative estimate of drug-likeness (QED) is 0.803. The third-order valence-electron chi connectivity index (χ3n) is 3.17. The second-order valence-electron chi connectivity index (χ2n) is 4.76. The first kappa shape index (κ1) is 13.8. The van der Waals surface area contributed by atoms with E-state index in [1.165, 1.54) is 16.1 Å². The molecule has 0 saturated heterocycles. The molecule has 0 aliphatic carbocycles. The Kier molecular flexibility index (Phi) is 3.57. The average Bonchev–Trinajstić information content (AvgIpc) is 2.90. The van der Waals surface area contributed by atoms with E-state index in [4.69, 9.17) is 0 Å². The minimum absolute atomic E-state index is 0.132. The van der Waals surface area contributed by atoms with Gasteiger partial charge in [0.1, 0.15) is 0 Å². The van der Waals surface area contributed by atoms with Crippen LogP contribution < -0.4 is 11.0 Å². The number of carbonyl (C=O) groups excluding carboxylic acids is 1. The summed E-state index contributed by atoms with van der Waals surface area (Å²) in [6.45, 7) is 1.45. The molecule has 0 fully saturated rings. The van der Waals surface area contributed by atoms with Crippen molar-refractivity contribution in [2.45, 2.75) is 6.92 Å². The van der Waals surface area contributed by atoms with Crippen LogP contribution in [0.3, 0.4) is 0 Å². The lowest BCUT2D eigenvalue weighted by molar-refractivity contribution is -0.114. The third kappa shape index (κ3) is 2.67. The van der Waals surface area contributed by atoms with Crippen molar-refractivity contribution in [1.29, 1.82) is 0 Å². The Balaban J connectivity index is 1.95. The summed E-state index contributed by atoms with van der Waals surface area (Å²) in [6, 6.07) is 10.7. The van der Waals surface area contributed by atoms with Gasteiger partial charge in [-0.3, -0.25) is 18.9 Å². The van der Waals surface area contributed by atoms with E-state index >= 15 is 0 Å². The van der Waals surface area contributed by atoms with Crippen molar-refractivity contribution < 1.29 is 4.79 Å². The van der Waals surface area contributed by atoms with Crippen LogP contribution in [0.1, 0.15) is 6.92 Å². The average molecular weight is 294 g/mol. The molecule has 22 heavy (non-hydrogen) atoms. The van der Waals surface area contributed by atoms with Crippen LogP contribution in [0.4, 0.5) is 5.69 Å². The molecule has 1 amide bonds. The first-order valence-corrected chi connectivity index (χ1v) is 6.73. The number of anilines is 1. The van der Waals surface area contributed by atoms with Gasteiger partial charge in [-0.25, -0.2) is 4.79 Å². The fourth-order valence-corrected chi connectivity index (χ4v) is 2.17. The fraction of sp³-hybridized carbons (Fsp3) is 0.0625. The smallest absolute Gasteiger partial charge is 0.326 e. The molecule has 0 aliphatic rings. The van der Waals surface area contributed by atoms with Crippen molar-refractivity contribution in [3.63, 3.8) is 0 Å². The van der Waals surface area contributed by atoms with E-state index in [1.54, 1.807) is 55.1 Å². The highest BCUT2D eigenvalue weighted by atomic mass is 16.2. The zero-order chi connectivity index (χ0) is 15.5. The van der Waals surface area contributed by atoms with E-state index in [9.17, 15) is 9.59 Å². The maximum atomic E-state index is 12.5. The molecule has 0 atom stereocenters. The molecule has 1 N–H and O–H groups in total. The zero-order valence-electron chi connectivity index (χ0n) is 11.9. The molecule has 0 unspecified atom stereocenters. The van der Waals surface area contributed by atoms with Crippen molar-refractivity contribution in [1.82, 2.24) is 14.1 Å². The van der Waals surface area contributed by atoms with E-state index < -0.39 is 0 Å². The predicted molar refractivity (Wildman–Crippen MR) is 83.5 cm³/mol. The Bertz CT molecular complexity index is 848. The van der Waals surface area contributed by atoms with Gasteiger partial charge in [-0.2, -0.15) is 0 Å². The van der Waals surface area contributed by atoms with Gasteiger partial charge in [-0.1, -0.05) is 0 Å². The first-order valence-electron chi connectivity index (χ1n) is 6.73. The molecule has 0 saturated carbocycles. The number of rotatable bonds is 3. The van der Waals surface area contributed by atoms with Crippen molar-refractivity contribution in [3.8, 4) is 11.4 Å². The molecule has 0 radical (unpaired) electrons. The summed E-state index contributed by atoms with van der Waals surface area (Å²) in [5, 5.41) is 2.69. The topological polar surface area (TPSA) is 68.9 Å². The van der Waals surface area contributed by atoms with Crippen molar-refractivity contribution in [3.05, 3.63) is 71.7 Å². The number of amides is 1. The summed E-state index contributed by atoms with van der Waals surface area (Å²) < 4.78 is 3.05. The Morgan fingerprint density at radius 3 is 2.32 bits per heavy atom. The summed E-state index contributed by atoms with van der Waals surface area (Å²) in [5.41, 5.74) is 1.94. The van der Waals surface area contributed by atoms with Crippen LogP contribution in [-0.2, 0) is 4.79 Å². The van der Waals surface area contributed by atoms with Crippen LogP contribution in [0.5, 0.6) is 0 Å². The molecule has 6 heteroatoms. The molecule has 110 valence electrons. The number of aromatic nitrogens is 3. The van der Waals surface area contributed by atoms with Gasteiger partial charge in [0, 0.05) is 31.2 Å². The predicted octanol–water partition coefficient (Wildman–Crippen LogP) is 1.98. The van der Waals surface area contributed by atoms with Gasteiger partial charge in [0.05, 0.1) is 17.6 Å². The lowest BCUT2D eigenvalue weighted by Crippen LogP contribution is -2.21. The van der Waals surface area contributed by atoms with Gasteiger partial charge >= 0.3 is 5.69 Å². The minimum atomic E-state index is -0.180.